The molecule has 0 bridgehead atoms. The van der Waals surface area contributed by atoms with Crippen LogP contribution in [0.15, 0.2) is 36.4 Å². The molecule has 0 N–H and O–H groups in total. The standard InChI is InChI=1S/C14H12Cl2O/c1-9-6-7-13(17-2)11(8-9)10-4-3-5-12(15)14(10)16/h3-8H,1-2H3. The van der Waals surface area contributed by atoms with E-state index in [4.69, 9.17) is 27.9 Å². The zero-order chi connectivity index (χ0) is 12.4. The minimum absolute atomic E-state index is 0.549. The molecule has 0 aliphatic rings. The summed E-state index contributed by atoms with van der Waals surface area (Å²) in [6.07, 6.45) is 0. The summed E-state index contributed by atoms with van der Waals surface area (Å²) in [5.41, 5.74) is 3.00. The van der Waals surface area contributed by atoms with E-state index in [-0.39, 0.29) is 0 Å². The normalized spacial score (nSPS) is 10.4. The number of hydrogen-bond acceptors (Lipinski definition) is 1. The molecule has 0 amide bonds. The van der Waals surface area contributed by atoms with E-state index in [1.54, 1.807) is 13.2 Å². The zero-order valence-electron chi connectivity index (χ0n) is 9.63. The third-order valence-corrected chi connectivity index (χ3v) is 3.42. The van der Waals surface area contributed by atoms with Crippen LogP contribution in [0.25, 0.3) is 11.1 Å². The van der Waals surface area contributed by atoms with Gasteiger partial charge in [-0.25, -0.2) is 0 Å². The van der Waals surface area contributed by atoms with Gasteiger partial charge in [-0.2, -0.15) is 0 Å². The van der Waals surface area contributed by atoms with Crippen LogP contribution >= 0.6 is 23.2 Å². The summed E-state index contributed by atoms with van der Waals surface area (Å²) in [6.45, 7) is 2.03. The predicted octanol–water partition coefficient (Wildman–Crippen LogP) is 4.98. The summed E-state index contributed by atoms with van der Waals surface area (Å²) in [4.78, 5) is 0. The van der Waals surface area contributed by atoms with Crippen molar-refractivity contribution in [3.63, 3.8) is 0 Å². The van der Waals surface area contributed by atoms with E-state index < -0.39 is 0 Å². The molecule has 0 unspecified atom stereocenters. The molecule has 0 spiro atoms. The fourth-order valence-electron chi connectivity index (χ4n) is 1.74. The van der Waals surface area contributed by atoms with Gasteiger partial charge in [-0.3, -0.25) is 0 Å². The van der Waals surface area contributed by atoms with Gasteiger partial charge in [-0.1, -0.05) is 47.0 Å². The Labute approximate surface area is 111 Å². The fraction of sp³-hybridized carbons (Fsp3) is 0.143. The number of halogens is 2. The van der Waals surface area contributed by atoms with Gasteiger partial charge in [0, 0.05) is 11.1 Å². The second-order valence-electron chi connectivity index (χ2n) is 3.81. The molecule has 3 heteroatoms. The van der Waals surface area contributed by atoms with Crippen molar-refractivity contribution in [3.05, 3.63) is 52.0 Å². The van der Waals surface area contributed by atoms with Crippen LogP contribution in [0.3, 0.4) is 0 Å². The van der Waals surface area contributed by atoms with Crippen LogP contribution in [0.4, 0.5) is 0 Å². The van der Waals surface area contributed by atoms with Gasteiger partial charge in [-0.05, 0) is 25.1 Å². The maximum absolute atomic E-state index is 6.22. The molecule has 2 rings (SSSR count). The lowest BCUT2D eigenvalue weighted by atomic mass is 10.0. The second kappa shape index (κ2) is 4.99. The van der Waals surface area contributed by atoms with Crippen LogP contribution < -0.4 is 4.74 Å². The van der Waals surface area contributed by atoms with Gasteiger partial charge in [0.1, 0.15) is 5.75 Å². The number of benzene rings is 2. The lowest BCUT2D eigenvalue weighted by Gasteiger charge is -2.11. The predicted molar refractivity (Wildman–Crippen MR) is 73.2 cm³/mol. The summed E-state index contributed by atoms with van der Waals surface area (Å²) in [5.74, 6) is 0.791. The molecule has 88 valence electrons. The Balaban J connectivity index is 2.67. The van der Waals surface area contributed by atoms with E-state index in [1.165, 1.54) is 0 Å². The quantitative estimate of drug-likeness (QED) is 0.745. The maximum Gasteiger partial charge on any atom is 0.126 e. The average Bonchev–Trinajstić information content (AvgIpc) is 2.33. The van der Waals surface area contributed by atoms with Crippen LogP contribution in [0.1, 0.15) is 5.56 Å². The third kappa shape index (κ3) is 2.41. The molecule has 0 radical (unpaired) electrons. The third-order valence-electron chi connectivity index (χ3n) is 2.60. The topological polar surface area (TPSA) is 9.23 Å². The van der Waals surface area contributed by atoms with Gasteiger partial charge in [0.2, 0.25) is 0 Å². The number of hydrogen-bond donors (Lipinski definition) is 0. The molecule has 0 saturated heterocycles. The first-order valence-corrected chi connectivity index (χ1v) is 5.98. The number of aryl methyl sites for hydroxylation is 1. The Kier molecular flexibility index (Phi) is 3.60. The first kappa shape index (κ1) is 12.3. The van der Waals surface area contributed by atoms with E-state index >= 15 is 0 Å². The van der Waals surface area contributed by atoms with Crippen molar-refractivity contribution in [3.8, 4) is 16.9 Å². The Morgan fingerprint density at radius 3 is 2.47 bits per heavy atom. The molecule has 1 nitrogen and oxygen atoms in total. The van der Waals surface area contributed by atoms with E-state index in [9.17, 15) is 0 Å². The largest absolute Gasteiger partial charge is 0.496 e. The minimum atomic E-state index is 0.549. The minimum Gasteiger partial charge on any atom is -0.496 e. The SMILES string of the molecule is COc1ccc(C)cc1-c1cccc(Cl)c1Cl. The molecule has 17 heavy (non-hydrogen) atoms. The van der Waals surface area contributed by atoms with Crippen LogP contribution in [0.5, 0.6) is 5.75 Å². The first-order valence-electron chi connectivity index (χ1n) is 5.22. The van der Waals surface area contributed by atoms with Crippen molar-refractivity contribution in [1.29, 1.82) is 0 Å². The highest BCUT2D eigenvalue weighted by Crippen LogP contribution is 2.38. The number of ether oxygens (including phenoxy) is 1. The fourth-order valence-corrected chi connectivity index (χ4v) is 2.15. The van der Waals surface area contributed by atoms with Gasteiger partial charge >= 0.3 is 0 Å². The highest BCUT2D eigenvalue weighted by Gasteiger charge is 2.11. The first-order chi connectivity index (χ1) is 8.13. The van der Waals surface area contributed by atoms with Gasteiger partial charge in [-0.15, -0.1) is 0 Å². The van der Waals surface area contributed by atoms with Crippen LogP contribution in [0.2, 0.25) is 10.0 Å². The molecule has 2 aromatic rings. The summed E-state index contributed by atoms with van der Waals surface area (Å²) >= 11 is 12.2. The van der Waals surface area contributed by atoms with E-state index in [0.29, 0.717) is 10.0 Å². The molecular weight excluding hydrogens is 255 g/mol. The Morgan fingerprint density at radius 2 is 1.76 bits per heavy atom. The van der Waals surface area contributed by atoms with E-state index in [1.807, 2.05) is 37.3 Å². The summed E-state index contributed by atoms with van der Waals surface area (Å²) < 4.78 is 5.35. The van der Waals surface area contributed by atoms with E-state index in [0.717, 1.165) is 22.4 Å². The molecule has 0 saturated carbocycles. The summed E-state index contributed by atoms with van der Waals surface area (Å²) in [6, 6.07) is 11.6. The molecule has 2 aromatic carbocycles. The Morgan fingerprint density at radius 1 is 1.00 bits per heavy atom. The highest BCUT2D eigenvalue weighted by molar-refractivity contribution is 6.43. The Bertz CT molecular complexity index is 550. The van der Waals surface area contributed by atoms with Crippen molar-refractivity contribution >= 4 is 23.2 Å². The molecule has 0 aliphatic heterocycles. The zero-order valence-corrected chi connectivity index (χ0v) is 11.1. The van der Waals surface area contributed by atoms with Crippen LogP contribution in [-0.2, 0) is 0 Å². The molecule has 0 fully saturated rings. The van der Waals surface area contributed by atoms with Crippen molar-refractivity contribution in [2.75, 3.05) is 7.11 Å². The van der Waals surface area contributed by atoms with Gasteiger partial charge in [0.25, 0.3) is 0 Å². The highest BCUT2D eigenvalue weighted by atomic mass is 35.5. The second-order valence-corrected chi connectivity index (χ2v) is 4.59. The van der Waals surface area contributed by atoms with Gasteiger partial charge in [0.05, 0.1) is 17.2 Å². The van der Waals surface area contributed by atoms with Crippen LogP contribution in [0, 0.1) is 6.92 Å². The number of methoxy groups -OCH3 is 1. The lowest BCUT2D eigenvalue weighted by molar-refractivity contribution is 0.416. The van der Waals surface area contributed by atoms with Crippen molar-refractivity contribution in [2.24, 2.45) is 0 Å². The van der Waals surface area contributed by atoms with Gasteiger partial charge in [0.15, 0.2) is 0 Å². The van der Waals surface area contributed by atoms with Crippen LogP contribution in [-0.4, -0.2) is 7.11 Å². The maximum atomic E-state index is 6.22. The Hall–Kier alpha value is -1.18. The molecule has 0 heterocycles. The van der Waals surface area contributed by atoms with Crippen molar-refractivity contribution in [2.45, 2.75) is 6.92 Å². The average molecular weight is 267 g/mol. The molecule has 0 aliphatic carbocycles. The number of rotatable bonds is 2. The molecule has 0 aromatic heterocycles. The summed E-state index contributed by atoms with van der Waals surface area (Å²) in [5, 5.41) is 1.10. The van der Waals surface area contributed by atoms with Crippen molar-refractivity contribution in [1.82, 2.24) is 0 Å². The van der Waals surface area contributed by atoms with E-state index in [2.05, 4.69) is 0 Å². The molecular formula is C14H12Cl2O. The van der Waals surface area contributed by atoms with Crippen molar-refractivity contribution < 1.29 is 4.74 Å². The smallest absolute Gasteiger partial charge is 0.126 e. The monoisotopic (exact) mass is 266 g/mol. The van der Waals surface area contributed by atoms with Gasteiger partial charge < -0.3 is 4.74 Å². The summed E-state index contributed by atoms with van der Waals surface area (Å²) in [7, 11) is 1.65. The lowest BCUT2D eigenvalue weighted by Crippen LogP contribution is -1.89. The molecule has 0 atom stereocenters.